The number of aromatic carboxylic acids is 1. The molecule has 1 heterocycles. The number of aromatic nitrogens is 1. The molecule has 110 valence electrons. The molecule has 2 aromatic rings. The number of rotatable bonds is 5. The van der Waals surface area contributed by atoms with E-state index in [1.165, 1.54) is 17.7 Å². The minimum Gasteiger partial charge on any atom is -0.477 e. The van der Waals surface area contributed by atoms with Crippen LogP contribution in [0.5, 0.6) is 0 Å². The molecule has 0 saturated carbocycles. The van der Waals surface area contributed by atoms with E-state index in [0.717, 1.165) is 11.1 Å². The molecule has 0 aliphatic rings. The first-order chi connectivity index (χ1) is 10.0. The maximum atomic E-state index is 12.3. The maximum Gasteiger partial charge on any atom is 0.341 e. The molecule has 1 aromatic carbocycles. The summed E-state index contributed by atoms with van der Waals surface area (Å²) >= 11 is 0. The van der Waals surface area contributed by atoms with E-state index in [9.17, 15) is 9.59 Å². The highest BCUT2D eigenvalue weighted by molar-refractivity contribution is 5.87. The van der Waals surface area contributed by atoms with Gasteiger partial charge in [-0.15, -0.1) is 0 Å². The number of hydrogen-bond donors (Lipinski definition) is 1. The van der Waals surface area contributed by atoms with Crippen molar-refractivity contribution < 1.29 is 14.6 Å². The van der Waals surface area contributed by atoms with Gasteiger partial charge in [-0.1, -0.05) is 29.8 Å². The standard InChI is InChI=1S/C16H17NO4/c1-11-3-5-12(6-4-11)14-8-7-13(16(19)20)15(18)17(14)9-10-21-2/h3-8H,9-10H2,1-2H3,(H,19,20). The van der Waals surface area contributed by atoms with Crippen LogP contribution in [0.25, 0.3) is 11.3 Å². The molecule has 0 bridgehead atoms. The van der Waals surface area contributed by atoms with Gasteiger partial charge in [0.25, 0.3) is 5.56 Å². The topological polar surface area (TPSA) is 68.5 Å². The van der Waals surface area contributed by atoms with Crippen molar-refractivity contribution in [3.8, 4) is 11.3 Å². The molecule has 0 atom stereocenters. The molecule has 0 aliphatic carbocycles. The number of aryl methyl sites for hydroxylation is 1. The molecule has 1 N–H and O–H groups in total. The number of benzene rings is 1. The van der Waals surface area contributed by atoms with Gasteiger partial charge >= 0.3 is 5.97 Å². The van der Waals surface area contributed by atoms with Crippen LogP contribution < -0.4 is 5.56 Å². The SMILES string of the molecule is COCCn1c(-c2ccc(C)cc2)ccc(C(=O)O)c1=O. The van der Waals surface area contributed by atoms with Gasteiger partial charge in [0.15, 0.2) is 0 Å². The third-order valence-corrected chi connectivity index (χ3v) is 3.27. The summed E-state index contributed by atoms with van der Waals surface area (Å²) in [6, 6.07) is 10.7. The largest absolute Gasteiger partial charge is 0.477 e. The normalized spacial score (nSPS) is 10.6. The van der Waals surface area contributed by atoms with Gasteiger partial charge in [0.1, 0.15) is 5.56 Å². The van der Waals surface area contributed by atoms with E-state index in [4.69, 9.17) is 9.84 Å². The lowest BCUT2D eigenvalue weighted by atomic mass is 10.1. The fourth-order valence-corrected chi connectivity index (χ4v) is 2.12. The number of carbonyl (C=O) groups is 1. The second-order valence-electron chi connectivity index (χ2n) is 4.75. The van der Waals surface area contributed by atoms with Crippen molar-refractivity contribution in [3.05, 3.63) is 57.9 Å². The maximum absolute atomic E-state index is 12.3. The van der Waals surface area contributed by atoms with Crippen LogP contribution in [0.1, 0.15) is 15.9 Å². The van der Waals surface area contributed by atoms with Crippen molar-refractivity contribution in [1.29, 1.82) is 0 Å². The lowest BCUT2D eigenvalue weighted by molar-refractivity contribution is 0.0694. The Morgan fingerprint density at radius 2 is 1.86 bits per heavy atom. The first-order valence-electron chi connectivity index (χ1n) is 6.57. The van der Waals surface area contributed by atoms with E-state index in [0.29, 0.717) is 18.8 Å². The van der Waals surface area contributed by atoms with Crippen LogP contribution >= 0.6 is 0 Å². The molecule has 0 saturated heterocycles. The second-order valence-corrected chi connectivity index (χ2v) is 4.75. The Kier molecular flexibility index (Phi) is 4.55. The van der Waals surface area contributed by atoms with Crippen LogP contribution in [0.2, 0.25) is 0 Å². The summed E-state index contributed by atoms with van der Waals surface area (Å²) in [6.45, 7) is 2.62. The van der Waals surface area contributed by atoms with Gasteiger partial charge in [-0.05, 0) is 24.6 Å². The highest BCUT2D eigenvalue weighted by Gasteiger charge is 2.14. The number of methoxy groups -OCH3 is 1. The summed E-state index contributed by atoms with van der Waals surface area (Å²) in [5.74, 6) is -1.22. The third kappa shape index (κ3) is 3.20. The van der Waals surface area contributed by atoms with Gasteiger partial charge in [0, 0.05) is 13.7 Å². The fourth-order valence-electron chi connectivity index (χ4n) is 2.12. The van der Waals surface area contributed by atoms with Gasteiger partial charge < -0.3 is 14.4 Å². The minimum absolute atomic E-state index is 0.234. The van der Waals surface area contributed by atoms with Crippen molar-refractivity contribution in [1.82, 2.24) is 4.57 Å². The summed E-state index contributed by atoms with van der Waals surface area (Å²) in [4.78, 5) is 23.4. The zero-order valence-corrected chi connectivity index (χ0v) is 12.0. The highest BCUT2D eigenvalue weighted by atomic mass is 16.5. The Morgan fingerprint density at radius 3 is 2.43 bits per heavy atom. The molecule has 0 radical (unpaired) electrons. The highest BCUT2D eigenvalue weighted by Crippen LogP contribution is 2.19. The van der Waals surface area contributed by atoms with Crippen LogP contribution in [0.4, 0.5) is 0 Å². The zero-order chi connectivity index (χ0) is 15.4. The van der Waals surface area contributed by atoms with Crippen LogP contribution in [0.15, 0.2) is 41.2 Å². The van der Waals surface area contributed by atoms with Crippen molar-refractivity contribution in [2.75, 3.05) is 13.7 Å². The molecule has 2 rings (SSSR count). The first-order valence-corrected chi connectivity index (χ1v) is 6.57. The summed E-state index contributed by atoms with van der Waals surface area (Å²) in [7, 11) is 1.54. The number of carboxylic acid groups (broad SMARTS) is 1. The van der Waals surface area contributed by atoms with E-state index < -0.39 is 11.5 Å². The van der Waals surface area contributed by atoms with Crippen LogP contribution in [-0.2, 0) is 11.3 Å². The summed E-state index contributed by atoms with van der Waals surface area (Å²) < 4.78 is 6.45. The lowest BCUT2D eigenvalue weighted by Gasteiger charge is -2.13. The average molecular weight is 287 g/mol. The third-order valence-electron chi connectivity index (χ3n) is 3.27. The van der Waals surface area contributed by atoms with Crippen molar-refractivity contribution >= 4 is 5.97 Å². The predicted molar refractivity (Wildman–Crippen MR) is 79.7 cm³/mol. The number of pyridine rings is 1. The van der Waals surface area contributed by atoms with E-state index in [2.05, 4.69) is 0 Å². The van der Waals surface area contributed by atoms with E-state index >= 15 is 0 Å². The average Bonchev–Trinajstić information content (AvgIpc) is 2.46. The van der Waals surface area contributed by atoms with Crippen LogP contribution in [0.3, 0.4) is 0 Å². The molecule has 0 aliphatic heterocycles. The monoisotopic (exact) mass is 287 g/mol. The van der Waals surface area contributed by atoms with Crippen molar-refractivity contribution in [2.45, 2.75) is 13.5 Å². The predicted octanol–water partition coefficient (Wildman–Crippen LogP) is 2.17. The molecule has 1 aromatic heterocycles. The molecule has 5 heteroatoms. The minimum atomic E-state index is -1.22. The smallest absolute Gasteiger partial charge is 0.341 e. The Bertz CT molecular complexity index is 701. The van der Waals surface area contributed by atoms with Crippen LogP contribution in [-0.4, -0.2) is 29.4 Å². The number of ether oxygens (including phenoxy) is 1. The summed E-state index contributed by atoms with van der Waals surface area (Å²) in [5, 5.41) is 9.07. The van der Waals surface area contributed by atoms with Crippen molar-refractivity contribution in [2.24, 2.45) is 0 Å². The molecule has 21 heavy (non-hydrogen) atoms. The van der Waals surface area contributed by atoms with Gasteiger partial charge in [-0.2, -0.15) is 0 Å². The summed E-state index contributed by atoms with van der Waals surface area (Å²) in [5.41, 5.74) is 1.92. The Balaban J connectivity index is 2.59. The Morgan fingerprint density at radius 1 is 1.19 bits per heavy atom. The van der Waals surface area contributed by atoms with Gasteiger partial charge in [0.2, 0.25) is 0 Å². The number of hydrogen-bond acceptors (Lipinski definition) is 3. The van der Waals surface area contributed by atoms with E-state index in [1.807, 2.05) is 31.2 Å². The van der Waals surface area contributed by atoms with Gasteiger partial charge in [0.05, 0.1) is 12.3 Å². The van der Waals surface area contributed by atoms with Crippen LogP contribution in [0, 0.1) is 6.92 Å². The zero-order valence-electron chi connectivity index (χ0n) is 12.0. The first kappa shape index (κ1) is 15.0. The van der Waals surface area contributed by atoms with E-state index in [-0.39, 0.29) is 5.56 Å². The second kappa shape index (κ2) is 6.37. The quantitative estimate of drug-likeness (QED) is 0.915. The molecular formula is C16H17NO4. The molecule has 0 fully saturated rings. The molecular weight excluding hydrogens is 270 g/mol. The molecule has 0 amide bonds. The van der Waals surface area contributed by atoms with Gasteiger partial charge in [-0.25, -0.2) is 4.79 Å². The molecule has 0 unspecified atom stereocenters. The molecule has 5 nitrogen and oxygen atoms in total. The lowest BCUT2D eigenvalue weighted by Crippen LogP contribution is -2.28. The Hall–Kier alpha value is -2.40. The Labute approximate surface area is 122 Å². The molecule has 0 spiro atoms. The summed E-state index contributed by atoms with van der Waals surface area (Å²) in [6.07, 6.45) is 0. The van der Waals surface area contributed by atoms with E-state index in [1.54, 1.807) is 6.07 Å². The fraction of sp³-hybridized carbons (Fsp3) is 0.250. The van der Waals surface area contributed by atoms with Crippen molar-refractivity contribution in [3.63, 3.8) is 0 Å². The van der Waals surface area contributed by atoms with Gasteiger partial charge in [-0.3, -0.25) is 4.79 Å². The number of carboxylic acids is 1. The number of nitrogens with zero attached hydrogens (tertiary/aromatic N) is 1.